The minimum Gasteiger partial charge on any atom is -0.491 e. The average molecular weight is 282 g/mol. The summed E-state index contributed by atoms with van der Waals surface area (Å²) in [6.07, 6.45) is 5.56. The third-order valence-electron chi connectivity index (χ3n) is 3.74. The van der Waals surface area contributed by atoms with Crippen LogP contribution in [0.2, 0.25) is 5.02 Å². The van der Waals surface area contributed by atoms with Crippen LogP contribution in [0.3, 0.4) is 0 Å². The first-order valence-corrected chi connectivity index (χ1v) is 7.17. The van der Waals surface area contributed by atoms with Gasteiger partial charge < -0.3 is 9.64 Å². The van der Waals surface area contributed by atoms with Crippen LogP contribution in [0.15, 0.2) is 18.2 Å². The summed E-state index contributed by atoms with van der Waals surface area (Å²) in [4.78, 5) is 13.3. The van der Waals surface area contributed by atoms with Crippen LogP contribution in [0.4, 0.5) is 0 Å². The standard InChI is InChI=1S/C15H20ClNO2/c1-17-9-3-2-6-13(17)8-10-19-15-12(11-18)5-4-7-14(15)16/h4-5,7,11,13H,2-3,6,8-10H2,1H3. The molecule has 3 nitrogen and oxygen atoms in total. The minimum absolute atomic E-state index is 0.501. The maximum absolute atomic E-state index is 10.9. The molecule has 0 saturated carbocycles. The Morgan fingerprint density at radius 2 is 2.32 bits per heavy atom. The molecule has 0 amide bonds. The molecule has 0 radical (unpaired) electrons. The molecule has 0 N–H and O–H groups in total. The van der Waals surface area contributed by atoms with Gasteiger partial charge in [-0.05, 0) is 45.0 Å². The predicted octanol–water partition coefficient (Wildman–Crippen LogP) is 3.41. The largest absolute Gasteiger partial charge is 0.491 e. The second-order valence-corrected chi connectivity index (χ2v) is 5.45. The lowest BCUT2D eigenvalue weighted by Crippen LogP contribution is -2.37. The van der Waals surface area contributed by atoms with Crippen LogP contribution >= 0.6 is 11.6 Å². The number of rotatable bonds is 5. The molecule has 0 spiro atoms. The fraction of sp³-hybridized carbons (Fsp3) is 0.533. The van der Waals surface area contributed by atoms with Crippen molar-refractivity contribution < 1.29 is 9.53 Å². The van der Waals surface area contributed by atoms with E-state index < -0.39 is 0 Å². The molecule has 1 fully saturated rings. The zero-order valence-corrected chi connectivity index (χ0v) is 12.0. The van der Waals surface area contributed by atoms with E-state index >= 15 is 0 Å². The van der Waals surface area contributed by atoms with Gasteiger partial charge in [0.15, 0.2) is 6.29 Å². The molecule has 1 saturated heterocycles. The van der Waals surface area contributed by atoms with Crippen LogP contribution in [-0.2, 0) is 0 Å². The average Bonchev–Trinajstić information content (AvgIpc) is 2.42. The highest BCUT2D eigenvalue weighted by molar-refractivity contribution is 6.32. The molecule has 1 aliphatic rings. The second kappa shape index (κ2) is 6.92. The van der Waals surface area contributed by atoms with Crippen molar-refractivity contribution in [1.82, 2.24) is 4.90 Å². The number of benzene rings is 1. The molecular weight excluding hydrogens is 262 g/mol. The predicted molar refractivity (Wildman–Crippen MR) is 77.2 cm³/mol. The van der Waals surface area contributed by atoms with Gasteiger partial charge in [0.1, 0.15) is 5.75 Å². The van der Waals surface area contributed by atoms with Gasteiger partial charge in [-0.25, -0.2) is 0 Å². The molecule has 0 aromatic heterocycles. The normalized spacial score (nSPS) is 20.2. The highest BCUT2D eigenvalue weighted by atomic mass is 35.5. The zero-order valence-electron chi connectivity index (χ0n) is 11.3. The Morgan fingerprint density at radius 3 is 3.05 bits per heavy atom. The van der Waals surface area contributed by atoms with Crippen molar-refractivity contribution in [3.8, 4) is 5.75 Å². The van der Waals surface area contributed by atoms with E-state index in [2.05, 4.69) is 11.9 Å². The molecule has 1 aromatic rings. The molecule has 1 unspecified atom stereocenters. The van der Waals surface area contributed by atoms with Crippen LogP contribution in [0.25, 0.3) is 0 Å². The van der Waals surface area contributed by atoms with Gasteiger partial charge in [-0.2, -0.15) is 0 Å². The van der Waals surface area contributed by atoms with Gasteiger partial charge >= 0.3 is 0 Å². The molecule has 1 aromatic carbocycles. The second-order valence-electron chi connectivity index (χ2n) is 5.04. The van der Waals surface area contributed by atoms with Crippen molar-refractivity contribution in [3.63, 3.8) is 0 Å². The molecule has 1 heterocycles. The lowest BCUT2D eigenvalue weighted by Gasteiger charge is -2.32. The minimum atomic E-state index is 0.501. The summed E-state index contributed by atoms with van der Waals surface area (Å²) in [5.74, 6) is 0.512. The summed E-state index contributed by atoms with van der Waals surface area (Å²) in [5, 5.41) is 0.501. The molecule has 1 aliphatic heterocycles. The summed E-state index contributed by atoms with van der Waals surface area (Å²) in [6.45, 7) is 1.76. The lowest BCUT2D eigenvalue weighted by molar-refractivity contribution is 0.111. The van der Waals surface area contributed by atoms with Crippen LogP contribution in [0, 0.1) is 0 Å². The van der Waals surface area contributed by atoms with E-state index in [4.69, 9.17) is 16.3 Å². The third-order valence-corrected chi connectivity index (χ3v) is 4.04. The van der Waals surface area contributed by atoms with E-state index in [-0.39, 0.29) is 0 Å². The number of aldehydes is 1. The molecule has 2 rings (SSSR count). The van der Waals surface area contributed by atoms with E-state index in [9.17, 15) is 4.79 Å². The van der Waals surface area contributed by atoms with Crippen molar-refractivity contribution >= 4 is 17.9 Å². The first-order chi connectivity index (χ1) is 9.22. The van der Waals surface area contributed by atoms with E-state index in [0.717, 1.165) is 19.3 Å². The van der Waals surface area contributed by atoms with E-state index in [0.29, 0.717) is 29.0 Å². The fourth-order valence-corrected chi connectivity index (χ4v) is 2.81. The van der Waals surface area contributed by atoms with Crippen LogP contribution in [0.1, 0.15) is 36.0 Å². The number of ether oxygens (including phenoxy) is 1. The quantitative estimate of drug-likeness (QED) is 0.775. The Bertz CT molecular complexity index is 436. The number of hydrogen-bond acceptors (Lipinski definition) is 3. The van der Waals surface area contributed by atoms with Gasteiger partial charge in [0, 0.05) is 6.04 Å². The highest BCUT2D eigenvalue weighted by Crippen LogP contribution is 2.28. The topological polar surface area (TPSA) is 29.5 Å². The van der Waals surface area contributed by atoms with Gasteiger partial charge in [0.2, 0.25) is 0 Å². The zero-order chi connectivity index (χ0) is 13.7. The summed E-state index contributed by atoms with van der Waals surface area (Å²) < 4.78 is 5.72. The first kappa shape index (κ1) is 14.4. The fourth-order valence-electron chi connectivity index (χ4n) is 2.58. The molecule has 19 heavy (non-hydrogen) atoms. The summed E-state index contributed by atoms with van der Waals surface area (Å²) >= 11 is 6.06. The number of nitrogens with zero attached hydrogens (tertiary/aromatic N) is 1. The molecule has 104 valence electrons. The van der Waals surface area contributed by atoms with E-state index in [1.54, 1.807) is 18.2 Å². The van der Waals surface area contributed by atoms with Gasteiger partial charge in [-0.1, -0.05) is 24.1 Å². The Labute approximate surface area is 119 Å². The van der Waals surface area contributed by atoms with Gasteiger partial charge in [0.05, 0.1) is 17.2 Å². The molecule has 1 atom stereocenters. The van der Waals surface area contributed by atoms with Crippen molar-refractivity contribution in [2.75, 3.05) is 20.2 Å². The Balaban J connectivity index is 1.90. The molecule has 0 bridgehead atoms. The smallest absolute Gasteiger partial charge is 0.153 e. The van der Waals surface area contributed by atoms with Crippen molar-refractivity contribution in [3.05, 3.63) is 28.8 Å². The summed E-state index contributed by atoms with van der Waals surface area (Å²) in [7, 11) is 2.16. The van der Waals surface area contributed by atoms with Gasteiger partial charge in [0.25, 0.3) is 0 Å². The monoisotopic (exact) mass is 281 g/mol. The van der Waals surface area contributed by atoms with Crippen molar-refractivity contribution in [2.24, 2.45) is 0 Å². The van der Waals surface area contributed by atoms with Crippen molar-refractivity contribution in [2.45, 2.75) is 31.7 Å². The number of hydrogen-bond donors (Lipinski definition) is 0. The number of likely N-dealkylation sites (tertiary alicyclic amines) is 1. The number of carbonyl (C=O) groups is 1. The van der Waals surface area contributed by atoms with Crippen LogP contribution < -0.4 is 4.74 Å². The summed E-state index contributed by atoms with van der Waals surface area (Å²) in [5.41, 5.74) is 0.518. The number of piperidine rings is 1. The molecular formula is C15H20ClNO2. The Hall–Kier alpha value is -1.06. The number of halogens is 1. The summed E-state index contributed by atoms with van der Waals surface area (Å²) in [6, 6.07) is 5.81. The Morgan fingerprint density at radius 1 is 1.47 bits per heavy atom. The number of para-hydroxylation sites is 1. The van der Waals surface area contributed by atoms with Crippen LogP contribution in [0.5, 0.6) is 5.75 Å². The number of carbonyl (C=O) groups excluding carboxylic acids is 1. The molecule has 0 aliphatic carbocycles. The third kappa shape index (κ3) is 3.71. The molecule has 4 heteroatoms. The maximum Gasteiger partial charge on any atom is 0.153 e. The lowest BCUT2D eigenvalue weighted by atomic mass is 10.0. The van der Waals surface area contributed by atoms with Gasteiger partial charge in [-0.3, -0.25) is 4.79 Å². The maximum atomic E-state index is 10.9. The van der Waals surface area contributed by atoms with Gasteiger partial charge in [-0.15, -0.1) is 0 Å². The van der Waals surface area contributed by atoms with E-state index in [1.807, 2.05) is 0 Å². The highest BCUT2D eigenvalue weighted by Gasteiger charge is 2.19. The van der Waals surface area contributed by atoms with Crippen LogP contribution in [-0.4, -0.2) is 37.4 Å². The Kier molecular flexibility index (Phi) is 5.23. The SMILES string of the molecule is CN1CCCCC1CCOc1c(Cl)cccc1C=O. The first-order valence-electron chi connectivity index (χ1n) is 6.79. The van der Waals surface area contributed by atoms with E-state index in [1.165, 1.54) is 19.3 Å². The van der Waals surface area contributed by atoms with Crippen molar-refractivity contribution in [1.29, 1.82) is 0 Å².